The number of carbonyl (C=O) groups is 2. The molecule has 0 atom stereocenters. The van der Waals surface area contributed by atoms with E-state index in [4.69, 9.17) is 5.26 Å². The molecule has 0 bridgehead atoms. The number of carboxylic acid groups (broad SMARTS) is 1. The fraction of sp³-hybridized carbons (Fsp3) is 0.364. The number of nitrogens with zero attached hydrogens (tertiary/aromatic N) is 7. The van der Waals surface area contributed by atoms with Gasteiger partial charge in [-0.3, -0.25) is 14.6 Å². The highest BCUT2D eigenvalue weighted by molar-refractivity contribution is 5.94. The minimum atomic E-state index is -0.956. The van der Waals surface area contributed by atoms with Crippen LogP contribution in [0.1, 0.15) is 44.3 Å². The van der Waals surface area contributed by atoms with Crippen LogP contribution in [0.2, 0.25) is 0 Å². The third-order valence-corrected chi connectivity index (χ3v) is 6.27. The second-order valence-electron chi connectivity index (χ2n) is 8.22. The van der Waals surface area contributed by atoms with Crippen LogP contribution < -0.4 is 0 Å². The van der Waals surface area contributed by atoms with Gasteiger partial charge in [0.15, 0.2) is 5.69 Å². The van der Waals surface area contributed by atoms with Gasteiger partial charge in [-0.1, -0.05) is 17.3 Å². The Labute approximate surface area is 189 Å². The van der Waals surface area contributed by atoms with Crippen LogP contribution in [0.15, 0.2) is 24.3 Å². The van der Waals surface area contributed by atoms with Gasteiger partial charge in [0.2, 0.25) is 0 Å². The molecule has 0 saturated carbocycles. The van der Waals surface area contributed by atoms with E-state index in [-0.39, 0.29) is 5.91 Å². The number of amides is 2. The molecule has 2 amide bonds. The Balaban J connectivity index is 1.49. The average molecular weight is 446 g/mol. The topological polar surface area (TPSA) is 144 Å². The second-order valence-corrected chi connectivity index (χ2v) is 8.22. The zero-order valence-electron chi connectivity index (χ0n) is 17.9. The zero-order valence-corrected chi connectivity index (χ0v) is 17.9. The molecule has 2 aliphatic heterocycles. The van der Waals surface area contributed by atoms with E-state index in [0.717, 1.165) is 28.2 Å². The van der Waals surface area contributed by atoms with E-state index in [1.807, 2.05) is 12.1 Å². The highest BCUT2D eigenvalue weighted by Crippen LogP contribution is 2.25. The molecule has 11 nitrogen and oxygen atoms in total. The standard InChI is InChI=1S/C22H22N8O3/c23-12-15-3-1-14(2-4-15)11-16-19-6-8-28(22(32)33)9-10-30(19)26-20(16)21(31)29-7-5-17-18(13-29)25-27-24-17/h1-4H,5-11,13H2,(H,32,33)(H,24,25,27). The van der Waals surface area contributed by atoms with Gasteiger partial charge < -0.3 is 14.9 Å². The van der Waals surface area contributed by atoms with Gasteiger partial charge in [-0.2, -0.15) is 10.4 Å². The summed E-state index contributed by atoms with van der Waals surface area (Å²) in [6.45, 7) is 1.97. The number of fused-ring (bicyclic) bond motifs is 2. The van der Waals surface area contributed by atoms with Crippen molar-refractivity contribution in [1.82, 2.24) is 35.0 Å². The van der Waals surface area contributed by atoms with E-state index in [0.29, 0.717) is 63.2 Å². The first-order valence-corrected chi connectivity index (χ1v) is 10.8. The van der Waals surface area contributed by atoms with Crippen LogP contribution in [-0.4, -0.2) is 71.7 Å². The van der Waals surface area contributed by atoms with E-state index in [1.165, 1.54) is 4.90 Å². The summed E-state index contributed by atoms with van der Waals surface area (Å²) in [7, 11) is 0. The molecule has 0 spiro atoms. The van der Waals surface area contributed by atoms with Crippen LogP contribution in [0.5, 0.6) is 0 Å². The first kappa shape index (κ1) is 20.7. The van der Waals surface area contributed by atoms with Gasteiger partial charge in [-0.25, -0.2) is 4.79 Å². The molecule has 0 aliphatic carbocycles. The summed E-state index contributed by atoms with van der Waals surface area (Å²) in [5, 5.41) is 33.9. The molecule has 1 aromatic carbocycles. The van der Waals surface area contributed by atoms with E-state index in [9.17, 15) is 14.7 Å². The molecule has 2 N–H and O–H groups in total. The number of aromatic amines is 1. The highest BCUT2D eigenvalue weighted by Gasteiger charge is 2.31. The summed E-state index contributed by atoms with van der Waals surface area (Å²) in [5.41, 5.74) is 5.32. The number of benzene rings is 1. The van der Waals surface area contributed by atoms with Crippen molar-refractivity contribution in [2.45, 2.75) is 32.4 Å². The van der Waals surface area contributed by atoms with Crippen LogP contribution in [0.3, 0.4) is 0 Å². The van der Waals surface area contributed by atoms with Gasteiger partial charge in [0.1, 0.15) is 5.69 Å². The van der Waals surface area contributed by atoms with Gasteiger partial charge in [-0.05, 0) is 17.7 Å². The highest BCUT2D eigenvalue weighted by atomic mass is 16.4. The SMILES string of the molecule is N#Cc1ccc(Cc2c(C(=O)N3CCc4[nH]nnc4C3)nn3c2CCN(C(=O)O)CC3)cc1. The first-order valence-electron chi connectivity index (χ1n) is 10.8. The molecular formula is C22H22N8O3. The third kappa shape index (κ3) is 3.91. The number of rotatable bonds is 3. The Bertz CT molecular complexity index is 1250. The molecule has 3 aromatic rings. The summed E-state index contributed by atoms with van der Waals surface area (Å²) in [5.74, 6) is -0.164. The maximum absolute atomic E-state index is 13.6. The molecule has 0 unspecified atom stereocenters. The lowest BCUT2D eigenvalue weighted by molar-refractivity contribution is 0.0723. The lowest BCUT2D eigenvalue weighted by Gasteiger charge is -2.25. The number of nitriles is 1. The van der Waals surface area contributed by atoms with Gasteiger partial charge in [0, 0.05) is 50.2 Å². The molecule has 0 fully saturated rings. The predicted molar refractivity (Wildman–Crippen MR) is 114 cm³/mol. The fourth-order valence-corrected chi connectivity index (χ4v) is 4.44. The van der Waals surface area contributed by atoms with E-state index < -0.39 is 6.09 Å². The summed E-state index contributed by atoms with van der Waals surface area (Å²) in [4.78, 5) is 28.1. The minimum absolute atomic E-state index is 0.164. The summed E-state index contributed by atoms with van der Waals surface area (Å²) in [6.07, 6.45) is 0.645. The normalized spacial score (nSPS) is 15.4. The Kier molecular flexibility index (Phi) is 5.26. The van der Waals surface area contributed by atoms with E-state index in [1.54, 1.807) is 21.7 Å². The molecule has 2 aromatic heterocycles. The molecule has 2 aliphatic rings. The molecule has 0 radical (unpaired) electrons. The van der Waals surface area contributed by atoms with Crippen molar-refractivity contribution in [3.63, 3.8) is 0 Å². The smallest absolute Gasteiger partial charge is 0.407 e. The zero-order chi connectivity index (χ0) is 22.9. The van der Waals surface area contributed by atoms with Crippen LogP contribution >= 0.6 is 0 Å². The van der Waals surface area contributed by atoms with Crippen LogP contribution in [0.4, 0.5) is 4.79 Å². The second kappa shape index (κ2) is 8.38. The molecule has 4 heterocycles. The average Bonchev–Trinajstić information content (AvgIpc) is 3.36. The van der Waals surface area contributed by atoms with Crippen LogP contribution in [0.25, 0.3) is 0 Å². The molecule has 11 heteroatoms. The van der Waals surface area contributed by atoms with Crippen molar-refractivity contribution in [2.75, 3.05) is 19.6 Å². The predicted octanol–water partition coefficient (Wildman–Crippen LogP) is 1.20. The minimum Gasteiger partial charge on any atom is -0.465 e. The first-order chi connectivity index (χ1) is 16.0. The number of nitrogens with one attached hydrogen (secondary N) is 1. The van der Waals surface area contributed by atoms with E-state index in [2.05, 4.69) is 26.6 Å². The van der Waals surface area contributed by atoms with Gasteiger partial charge in [0.05, 0.1) is 30.4 Å². The van der Waals surface area contributed by atoms with Crippen molar-refractivity contribution < 1.29 is 14.7 Å². The van der Waals surface area contributed by atoms with Crippen molar-refractivity contribution in [1.29, 1.82) is 5.26 Å². The summed E-state index contributed by atoms with van der Waals surface area (Å²) >= 11 is 0. The monoisotopic (exact) mass is 446 g/mol. The molecule has 168 valence electrons. The Morgan fingerprint density at radius 1 is 1.09 bits per heavy atom. The van der Waals surface area contributed by atoms with Crippen molar-refractivity contribution >= 4 is 12.0 Å². The molecule has 0 saturated heterocycles. The van der Waals surface area contributed by atoms with Crippen molar-refractivity contribution in [2.24, 2.45) is 0 Å². The fourth-order valence-electron chi connectivity index (χ4n) is 4.44. The van der Waals surface area contributed by atoms with Gasteiger partial charge >= 0.3 is 6.09 Å². The lowest BCUT2D eigenvalue weighted by Crippen LogP contribution is -2.37. The summed E-state index contributed by atoms with van der Waals surface area (Å²) < 4.78 is 1.78. The summed E-state index contributed by atoms with van der Waals surface area (Å²) in [6, 6.07) is 9.37. The number of aromatic nitrogens is 5. The largest absolute Gasteiger partial charge is 0.465 e. The third-order valence-electron chi connectivity index (χ3n) is 6.27. The molecular weight excluding hydrogens is 424 g/mol. The van der Waals surface area contributed by atoms with E-state index >= 15 is 0 Å². The molecule has 33 heavy (non-hydrogen) atoms. The van der Waals surface area contributed by atoms with Crippen molar-refractivity contribution in [3.8, 4) is 6.07 Å². The Morgan fingerprint density at radius 3 is 2.64 bits per heavy atom. The Morgan fingerprint density at radius 2 is 1.88 bits per heavy atom. The number of carbonyl (C=O) groups excluding carboxylic acids is 1. The molecule has 5 rings (SSSR count). The van der Waals surface area contributed by atoms with Gasteiger partial charge in [-0.15, -0.1) is 5.10 Å². The number of hydrogen-bond acceptors (Lipinski definition) is 6. The van der Waals surface area contributed by atoms with Gasteiger partial charge in [0.25, 0.3) is 5.91 Å². The Hall–Kier alpha value is -4.20. The van der Waals surface area contributed by atoms with Crippen molar-refractivity contribution in [3.05, 3.63) is 63.7 Å². The maximum atomic E-state index is 13.6. The van der Waals surface area contributed by atoms with Crippen LogP contribution in [0, 0.1) is 11.3 Å². The number of H-pyrrole nitrogens is 1. The maximum Gasteiger partial charge on any atom is 0.407 e. The number of hydrogen-bond donors (Lipinski definition) is 2. The van der Waals surface area contributed by atoms with Crippen LogP contribution in [-0.2, 0) is 32.4 Å². The quantitative estimate of drug-likeness (QED) is 0.615. The lowest BCUT2D eigenvalue weighted by atomic mass is 9.99.